The van der Waals surface area contributed by atoms with Gasteiger partial charge in [-0.05, 0) is 43.9 Å². The lowest BCUT2D eigenvalue weighted by Crippen LogP contribution is -2.48. The lowest BCUT2D eigenvalue weighted by atomic mass is 9.92. The number of ether oxygens (including phenoxy) is 1. The van der Waals surface area contributed by atoms with Crippen LogP contribution in [0.3, 0.4) is 0 Å². The van der Waals surface area contributed by atoms with Gasteiger partial charge in [-0.15, -0.1) is 0 Å². The fraction of sp³-hybridized carbons (Fsp3) is 0.565. The number of Topliss-reactive ketones (excluding diaryl/α,β-unsaturated/α-hetero) is 1. The first kappa shape index (κ1) is 20.3. The second-order valence-corrected chi connectivity index (χ2v) is 8.85. The van der Waals surface area contributed by atoms with E-state index >= 15 is 0 Å². The van der Waals surface area contributed by atoms with Crippen molar-refractivity contribution in [1.82, 2.24) is 10.6 Å². The Morgan fingerprint density at radius 2 is 1.66 bits per heavy atom. The average Bonchev–Trinajstić information content (AvgIpc) is 2.75. The van der Waals surface area contributed by atoms with E-state index in [4.69, 9.17) is 16.3 Å². The van der Waals surface area contributed by atoms with Crippen LogP contribution in [-0.2, 0) is 4.79 Å². The summed E-state index contributed by atoms with van der Waals surface area (Å²) in [5.41, 5.74) is 0.773. The molecule has 4 rings (SSSR count). The van der Waals surface area contributed by atoms with Crippen LogP contribution in [0.4, 0.5) is 0 Å². The number of carbonyl (C=O) groups excluding carboxylic acids is 2. The second-order valence-electron chi connectivity index (χ2n) is 8.41. The SMILES string of the molecule is O=C1/C(=C\NC2CCCCC2)C(C(=O)NC2CCCCC2)Oc2ccc(Cl)cc21. The van der Waals surface area contributed by atoms with Crippen molar-refractivity contribution in [2.75, 3.05) is 0 Å². The van der Waals surface area contributed by atoms with Gasteiger partial charge in [0, 0.05) is 23.3 Å². The lowest BCUT2D eigenvalue weighted by Gasteiger charge is -2.30. The van der Waals surface area contributed by atoms with Crippen molar-refractivity contribution in [3.8, 4) is 5.75 Å². The zero-order valence-corrected chi connectivity index (χ0v) is 17.5. The van der Waals surface area contributed by atoms with Gasteiger partial charge in [0.25, 0.3) is 5.91 Å². The molecule has 1 aromatic carbocycles. The Kier molecular flexibility index (Phi) is 6.43. The summed E-state index contributed by atoms with van der Waals surface area (Å²) in [6, 6.07) is 5.46. The third-order valence-corrected chi connectivity index (χ3v) is 6.48. The summed E-state index contributed by atoms with van der Waals surface area (Å²) in [6.07, 6.45) is 12.0. The van der Waals surface area contributed by atoms with E-state index in [0.29, 0.717) is 28.0 Å². The topological polar surface area (TPSA) is 67.4 Å². The monoisotopic (exact) mass is 416 g/mol. The lowest BCUT2D eigenvalue weighted by molar-refractivity contribution is -0.127. The Balaban J connectivity index is 1.57. The maximum atomic E-state index is 13.2. The zero-order chi connectivity index (χ0) is 20.2. The van der Waals surface area contributed by atoms with E-state index in [-0.39, 0.29) is 17.7 Å². The Bertz CT molecular complexity index is 795. The Morgan fingerprint density at radius 3 is 2.34 bits per heavy atom. The number of carbonyl (C=O) groups is 2. The first-order valence-corrected chi connectivity index (χ1v) is 11.3. The predicted octanol–water partition coefficient (Wildman–Crippen LogP) is 4.54. The molecule has 2 N–H and O–H groups in total. The largest absolute Gasteiger partial charge is 0.475 e. The molecule has 1 amide bonds. The van der Waals surface area contributed by atoms with Gasteiger partial charge in [0.05, 0.1) is 11.1 Å². The number of benzene rings is 1. The normalized spacial score (nSPS) is 24.7. The highest BCUT2D eigenvalue weighted by molar-refractivity contribution is 6.31. The number of halogens is 1. The molecule has 29 heavy (non-hydrogen) atoms. The van der Waals surface area contributed by atoms with Crippen molar-refractivity contribution >= 4 is 23.3 Å². The molecule has 0 spiro atoms. The van der Waals surface area contributed by atoms with E-state index in [9.17, 15) is 9.59 Å². The molecule has 1 aromatic rings. The molecule has 3 aliphatic rings. The van der Waals surface area contributed by atoms with Crippen LogP contribution in [0.1, 0.15) is 74.6 Å². The minimum absolute atomic E-state index is 0.161. The third-order valence-electron chi connectivity index (χ3n) is 6.25. The van der Waals surface area contributed by atoms with Gasteiger partial charge in [-0.25, -0.2) is 0 Å². The summed E-state index contributed by atoms with van der Waals surface area (Å²) in [7, 11) is 0. The zero-order valence-electron chi connectivity index (χ0n) is 16.7. The molecular weight excluding hydrogens is 388 g/mol. The molecule has 2 fully saturated rings. The van der Waals surface area contributed by atoms with E-state index in [2.05, 4.69) is 10.6 Å². The number of fused-ring (bicyclic) bond motifs is 1. The van der Waals surface area contributed by atoms with Crippen LogP contribution in [0, 0.1) is 0 Å². The van der Waals surface area contributed by atoms with Crippen molar-refractivity contribution in [1.29, 1.82) is 0 Å². The van der Waals surface area contributed by atoms with Crippen LogP contribution >= 0.6 is 11.6 Å². The van der Waals surface area contributed by atoms with Gasteiger partial charge >= 0.3 is 0 Å². The quantitative estimate of drug-likeness (QED) is 0.707. The van der Waals surface area contributed by atoms with Gasteiger partial charge in [-0.3, -0.25) is 9.59 Å². The van der Waals surface area contributed by atoms with Gasteiger partial charge in [-0.1, -0.05) is 50.1 Å². The highest BCUT2D eigenvalue weighted by Gasteiger charge is 2.37. The summed E-state index contributed by atoms with van der Waals surface area (Å²) in [5, 5.41) is 6.97. The molecule has 1 atom stereocenters. The third kappa shape index (κ3) is 4.77. The molecule has 2 aliphatic carbocycles. The smallest absolute Gasteiger partial charge is 0.266 e. The van der Waals surface area contributed by atoms with Crippen molar-refractivity contribution in [2.24, 2.45) is 0 Å². The molecule has 6 heteroatoms. The Labute approximate surface area is 177 Å². The fourth-order valence-corrected chi connectivity index (χ4v) is 4.76. The first-order valence-electron chi connectivity index (χ1n) is 10.9. The highest BCUT2D eigenvalue weighted by atomic mass is 35.5. The van der Waals surface area contributed by atoms with Crippen molar-refractivity contribution < 1.29 is 14.3 Å². The van der Waals surface area contributed by atoms with Gasteiger partial charge in [0.2, 0.25) is 6.10 Å². The molecular formula is C23H29ClN2O3. The second kappa shape index (κ2) is 9.21. The van der Waals surface area contributed by atoms with Gasteiger partial charge < -0.3 is 15.4 Å². The standard InChI is InChI=1S/C23H29ClN2O3/c24-15-11-12-20-18(13-15)21(27)19(14-25-16-7-3-1-4-8-16)22(29-20)23(28)26-17-9-5-2-6-10-17/h11-14,16-17,22,25H,1-10H2,(H,26,28)/b19-14+. The summed E-state index contributed by atoms with van der Waals surface area (Å²) in [5.74, 6) is -0.0126. The van der Waals surface area contributed by atoms with E-state index in [1.54, 1.807) is 24.4 Å². The summed E-state index contributed by atoms with van der Waals surface area (Å²) in [6.45, 7) is 0. The maximum Gasteiger partial charge on any atom is 0.266 e. The first-order chi connectivity index (χ1) is 14.1. The Morgan fingerprint density at radius 1 is 1.00 bits per heavy atom. The molecule has 1 unspecified atom stereocenters. The number of hydrogen-bond donors (Lipinski definition) is 2. The number of ketones is 1. The average molecular weight is 417 g/mol. The predicted molar refractivity (Wildman–Crippen MR) is 113 cm³/mol. The van der Waals surface area contributed by atoms with Gasteiger partial charge in [0.1, 0.15) is 5.75 Å². The highest BCUT2D eigenvalue weighted by Crippen LogP contribution is 2.33. The number of hydrogen-bond acceptors (Lipinski definition) is 4. The molecule has 0 bridgehead atoms. The van der Waals surface area contributed by atoms with Crippen LogP contribution in [0.2, 0.25) is 5.02 Å². The van der Waals surface area contributed by atoms with Crippen LogP contribution in [-0.4, -0.2) is 29.9 Å². The molecule has 1 heterocycles. The molecule has 156 valence electrons. The van der Waals surface area contributed by atoms with Crippen LogP contribution < -0.4 is 15.4 Å². The van der Waals surface area contributed by atoms with Gasteiger partial charge in [-0.2, -0.15) is 0 Å². The molecule has 0 saturated heterocycles. The molecule has 0 aromatic heterocycles. The van der Waals surface area contributed by atoms with Crippen LogP contribution in [0.15, 0.2) is 30.0 Å². The van der Waals surface area contributed by atoms with Crippen molar-refractivity contribution in [3.05, 3.63) is 40.6 Å². The van der Waals surface area contributed by atoms with Crippen molar-refractivity contribution in [2.45, 2.75) is 82.4 Å². The minimum Gasteiger partial charge on any atom is -0.475 e. The number of amides is 1. The summed E-state index contributed by atoms with van der Waals surface area (Å²) < 4.78 is 6.01. The van der Waals surface area contributed by atoms with Crippen LogP contribution in [0.5, 0.6) is 5.75 Å². The maximum absolute atomic E-state index is 13.2. The minimum atomic E-state index is -0.936. The molecule has 1 aliphatic heterocycles. The summed E-state index contributed by atoms with van der Waals surface area (Å²) in [4.78, 5) is 26.3. The summed E-state index contributed by atoms with van der Waals surface area (Å²) >= 11 is 6.09. The van der Waals surface area contributed by atoms with E-state index < -0.39 is 6.10 Å². The molecule has 2 saturated carbocycles. The van der Waals surface area contributed by atoms with E-state index in [1.165, 1.54) is 25.7 Å². The van der Waals surface area contributed by atoms with E-state index in [1.807, 2.05) is 0 Å². The number of rotatable bonds is 4. The van der Waals surface area contributed by atoms with Gasteiger partial charge in [0.15, 0.2) is 5.78 Å². The number of nitrogens with one attached hydrogen (secondary N) is 2. The fourth-order valence-electron chi connectivity index (χ4n) is 4.58. The molecule has 5 nitrogen and oxygen atoms in total. The van der Waals surface area contributed by atoms with Crippen molar-refractivity contribution in [3.63, 3.8) is 0 Å². The van der Waals surface area contributed by atoms with E-state index in [0.717, 1.165) is 38.5 Å². The van der Waals surface area contributed by atoms with Crippen LogP contribution in [0.25, 0.3) is 0 Å². The molecule has 0 radical (unpaired) electrons. The Hall–Kier alpha value is -2.01.